The van der Waals surface area contributed by atoms with E-state index in [2.05, 4.69) is 29.8 Å². The van der Waals surface area contributed by atoms with Gasteiger partial charge in [0.05, 0.1) is 24.6 Å². The maximum Gasteiger partial charge on any atom is 0.132 e. The summed E-state index contributed by atoms with van der Waals surface area (Å²) < 4.78 is 5.40. The lowest BCUT2D eigenvalue weighted by Crippen LogP contribution is -2.37. The molecular formula is C14H19N3O. The van der Waals surface area contributed by atoms with Crippen molar-refractivity contribution in [2.24, 2.45) is 4.99 Å². The molecule has 4 nitrogen and oxygen atoms in total. The molecule has 0 atom stereocenters. The Labute approximate surface area is 108 Å². The molecule has 2 aliphatic rings. The minimum absolute atomic E-state index is 0.801. The first-order chi connectivity index (χ1) is 8.74. The fourth-order valence-corrected chi connectivity index (χ4v) is 2.56. The van der Waals surface area contributed by atoms with E-state index in [-0.39, 0.29) is 0 Å². The van der Waals surface area contributed by atoms with Gasteiger partial charge in [0, 0.05) is 18.8 Å². The average Bonchev–Trinajstić information content (AvgIpc) is 2.39. The average molecular weight is 245 g/mol. The predicted molar refractivity (Wildman–Crippen MR) is 73.1 cm³/mol. The first-order valence-corrected chi connectivity index (χ1v) is 6.61. The second-order valence-electron chi connectivity index (χ2n) is 5.04. The van der Waals surface area contributed by atoms with Crippen LogP contribution in [0.1, 0.15) is 24.6 Å². The molecule has 0 N–H and O–H groups in total. The molecule has 96 valence electrons. The number of aryl methyl sites for hydroxylation is 2. The quantitative estimate of drug-likeness (QED) is 0.761. The number of aromatic nitrogens is 1. The van der Waals surface area contributed by atoms with Crippen molar-refractivity contribution < 1.29 is 4.74 Å². The zero-order chi connectivity index (χ0) is 12.5. The first kappa shape index (κ1) is 11.7. The molecule has 3 rings (SSSR count). The van der Waals surface area contributed by atoms with Gasteiger partial charge in [-0.1, -0.05) is 0 Å². The summed E-state index contributed by atoms with van der Waals surface area (Å²) in [5, 5.41) is 0. The lowest BCUT2D eigenvalue weighted by atomic mass is 10.1. The Kier molecular flexibility index (Phi) is 3.04. The van der Waals surface area contributed by atoms with Crippen molar-refractivity contribution in [2.75, 3.05) is 31.2 Å². The molecule has 0 aliphatic carbocycles. The molecule has 2 aliphatic heterocycles. The summed E-state index contributed by atoms with van der Waals surface area (Å²) in [5.74, 6) is 1.12. The zero-order valence-corrected chi connectivity index (χ0v) is 11.1. The van der Waals surface area contributed by atoms with E-state index in [1.54, 1.807) is 0 Å². The summed E-state index contributed by atoms with van der Waals surface area (Å²) >= 11 is 0. The van der Waals surface area contributed by atoms with Crippen molar-refractivity contribution in [1.82, 2.24) is 4.98 Å². The van der Waals surface area contributed by atoms with Crippen LogP contribution in [0.25, 0.3) is 0 Å². The Hall–Kier alpha value is -1.42. The van der Waals surface area contributed by atoms with Gasteiger partial charge in [-0.25, -0.2) is 4.98 Å². The van der Waals surface area contributed by atoms with Crippen molar-refractivity contribution in [3.63, 3.8) is 0 Å². The second kappa shape index (κ2) is 4.69. The smallest absolute Gasteiger partial charge is 0.132 e. The van der Waals surface area contributed by atoms with Crippen molar-refractivity contribution in [3.8, 4) is 0 Å². The molecule has 0 aromatic carbocycles. The minimum atomic E-state index is 0.801. The summed E-state index contributed by atoms with van der Waals surface area (Å²) in [6.07, 6.45) is 2.05. The van der Waals surface area contributed by atoms with Crippen LogP contribution in [0, 0.1) is 6.92 Å². The number of hydrogen-bond acceptors (Lipinski definition) is 4. The van der Waals surface area contributed by atoms with E-state index in [0.29, 0.717) is 0 Å². The highest BCUT2D eigenvalue weighted by molar-refractivity contribution is 5.87. The van der Waals surface area contributed by atoms with Crippen LogP contribution < -0.4 is 4.90 Å². The molecule has 1 fully saturated rings. The van der Waals surface area contributed by atoms with E-state index >= 15 is 0 Å². The Bertz CT molecular complexity index is 490. The van der Waals surface area contributed by atoms with Crippen LogP contribution in [0.2, 0.25) is 0 Å². The number of rotatable bonds is 1. The van der Waals surface area contributed by atoms with Gasteiger partial charge >= 0.3 is 0 Å². The predicted octanol–water partition coefficient (Wildman–Crippen LogP) is 2.27. The van der Waals surface area contributed by atoms with E-state index in [1.165, 1.54) is 11.3 Å². The third-order valence-corrected chi connectivity index (χ3v) is 3.59. The molecule has 0 spiro atoms. The molecule has 0 amide bonds. The number of aliphatic imine (C=N–C) groups is 1. The number of fused-ring (bicyclic) bond motifs is 1. The van der Waals surface area contributed by atoms with Crippen molar-refractivity contribution in [1.29, 1.82) is 0 Å². The van der Waals surface area contributed by atoms with Crippen LogP contribution in [0.4, 0.5) is 11.5 Å². The Morgan fingerprint density at radius 1 is 1.17 bits per heavy atom. The number of nitrogens with zero attached hydrogens (tertiary/aromatic N) is 3. The van der Waals surface area contributed by atoms with Crippen molar-refractivity contribution >= 4 is 17.2 Å². The summed E-state index contributed by atoms with van der Waals surface area (Å²) in [6, 6.07) is 2.18. The molecule has 0 saturated carbocycles. The van der Waals surface area contributed by atoms with Gasteiger partial charge in [-0.15, -0.1) is 0 Å². The van der Waals surface area contributed by atoms with Crippen LogP contribution in [0.15, 0.2) is 11.1 Å². The summed E-state index contributed by atoms with van der Waals surface area (Å²) in [7, 11) is 0. The van der Waals surface area contributed by atoms with Crippen LogP contribution in [-0.2, 0) is 11.2 Å². The van der Waals surface area contributed by atoms with E-state index < -0.39 is 0 Å². The van der Waals surface area contributed by atoms with Gasteiger partial charge in [0.15, 0.2) is 0 Å². The normalized spacial score (nSPS) is 19.4. The van der Waals surface area contributed by atoms with Crippen LogP contribution >= 0.6 is 0 Å². The van der Waals surface area contributed by atoms with Crippen molar-refractivity contribution in [3.05, 3.63) is 17.3 Å². The molecule has 3 heterocycles. The van der Waals surface area contributed by atoms with Crippen molar-refractivity contribution in [2.45, 2.75) is 26.7 Å². The standard InChI is InChI=1S/C14H19N3O/c1-10-9-13-12(4-3-11(2)15-13)16-14(10)17-5-7-18-8-6-17/h9H,3-8H2,1-2H3. The molecular weight excluding hydrogens is 226 g/mol. The Balaban J connectivity index is 1.96. The van der Waals surface area contributed by atoms with Gasteiger partial charge in [0.2, 0.25) is 0 Å². The largest absolute Gasteiger partial charge is 0.378 e. The number of anilines is 1. The van der Waals surface area contributed by atoms with E-state index in [4.69, 9.17) is 9.72 Å². The topological polar surface area (TPSA) is 37.7 Å². The summed E-state index contributed by atoms with van der Waals surface area (Å²) in [5.41, 5.74) is 4.64. The third-order valence-electron chi connectivity index (χ3n) is 3.59. The van der Waals surface area contributed by atoms with Gasteiger partial charge in [0.25, 0.3) is 0 Å². The minimum Gasteiger partial charge on any atom is -0.378 e. The summed E-state index contributed by atoms with van der Waals surface area (Å²) in [6.45, 7) is 7.69. The van der Waals surface area contributed by atoms with Gasteiger partial charge in [-0.2, -0.15) is 0 Å². The Morgan fingerprint density at radius 2 is 1.94 bits per heavy atom. The van der Waals surface area contributed by atoms with Crippen LogP contribution in [0.3, 0.4) is 0 Å². The SMILES string of the molecule is CC1=Nc2cc(C)c(N3CCOCC3)nc2CC1. The molecule has 1 aromatic rings. The van der Waals surface area contributed by atoms with Gasteiger partial charge in [-0.3, -0.25) is 4.99 Å². The molecule has 1 aromatic heterocycles. The highest BCUT2D eigenvalue weighted by Gasteiger charge is 2.18. The number of hydrogen-bond donors (Lipinski definition) is 0. The fraction of sp³-hybridized carbons (Fsp3) is 0.571. The van der Waals surface area contributed by atoms with Gasteiger partial charge in [0.1, 0.15) is 5.82 Å². The van der Waals surface area contributed by atoms with Gasteiger partial charge < -0.3 is 9.64 Å². The maximum atomic E-state index is 5.40. The molecule has 4 heteroatoms. The van der Waals surface area contributed by atoms with E-state index in [1.807, 2.05) is 0 Å². The highest BCUT2D eigenvalue weighted by Crippen LogP contribution is 2.30. The third kappa shape index (κ3) is 2.12. The molecule has 1 saturated heterocycles. The van der Waals surface area contributed by atoms with Gasteiger partial charge in [-0.05, 0) is 38.3 Å². The zero-order valence-electron chi connectivity index (χ0n) is 11.1. The lowest BCUT2D eigenvalue weighted by Gasteiger charge is -2.30. The number of ether oxygens (including phenoxy) is 1. The molecule has 0 unspecified atom stereocenters. The van der Waals surface area contributed by atoms with E-state index in [0.717, 1.165) is 56.3 Å². The number of morpholine rings is 1. The van der Waals surface area contributed by atoms with Crippen LogP contribution in [-0.4, -0.2) is 37.0 Å². The van der Waals surface area contributed by atoms with E-state index in [9.17, 15) is 0 Å². The second-order valence-corrected chi connectivity index (χ2v) is 5.04. The highest BCUT2D eigenvalue weighted by atomic mass is 16.5. The number of pyridine rings is 1. The summed E-state index contributed by atoms with van der Waals surface area (Å²) in [4.78, 5) is 11.8. The maximum absolute atomic E-state index is 5.40. The molecule has 0 bridgehead atoms. The fourth-order valence-electron chi connectivity index (χ4n) is 2.56. The monoisotopic (exact) mass is 245 g/mol. The van der Waals surface area contributed by atoms with Crippen LogP contribution in [0.5, 0.6) is 0 Å². The molecule has 18 heavy (non-hydrogen) atoms. The lowest BCUT2D eigenvalue weighted by molar-refractivity contribution is 0.122. The molecule has 0 radical (unpaired) electrons. The first-order valence-electron chi connectivity index (χ1n) is 6.61. The Morgan fingerprint density at radius 3 is 2.72 bits per heavy atom.